The van der Waals surface area contributed by atoms with Gasteiger partial charge in [-0.05, 0) is 24.6 Å². The molecule has 28 heavy (non-hydrogen) atoms. The van der Waals surface area contributed by atoms with Crippen LogP contribution in [0.3, 0.4) is 0 Å². The molecule has 2 aromatic rings. The number of ether oxygens (including phenoxy) is 1. The summed E-state index contributed by atoms with van der Waals surface area (Å²) in [5, 5.41) is 6.08. The first kappa shape index (κ1) is 18.8. The highest BCUT2D eigenvalue weighted by Gasteiger charge is 2.33. The number of rotatable bonds is 4. The fraction of sp³-hybridized carbons (Fsp3) is 0.526. The van der Waals surface area contributed by atoms with Crippen LogP contribution in [0.25, 0.3) is 11.0 Å². The van der Waals surface area contributed by atoms with E-state index in [1.54, 1.807) is 6.07 Å². The van der Waals surface area contributed by atoms with Crippen molar-refractivity contribution in [1.82, 2.24) is 25.5 Å². The molecule has 2 fully saturated rings. The van der Waals surface area contributed by atoms with E-state index in [-0.39, 0.29) is 36.0 Å². The number of amides is 2. The van der Waals surface area contributed by atoms with Gasteiger partial charge in [-0.15, -0.1) is 0 Å². The van der Waals surface area contributed by atoms with Crippen LogP contribution in [0.2, 0.25) is 0 Å². The van der Waals surface area contributed by atoms with Gasteiger partial charge in [0, 0.05) is 26.2 Å². The zero-order valence-corrected chi connectivity index (χ0v) is 15.5. The lowest BCUT2D eigenvalue weighted by molar-refractivity contribution is -0.141. The largest absolute Gasteiger partial charge is 0.378 e. The number of H-pyrrole nitrogens is 1. The molecule has 2 amide bonds. The molecule has 0 aliphatic carbocycles. The molecule has 2 saturated heterocycles. The summed E-state index contributed by atoms with van der Waals surface area (Å²) in [4.78, 5) is 34.5. The zero-order valence-electron chi connectivity index (χ0n) is 15.5. The number of carbonyl (C=O) groups is 2. The van der Waals surface area contributed by atoms with Crippen LogP contribution in [0.4, 0.5) is 4.39 Å². The topological polar surface area (TPSA) is 99.3 Å². The summed E-state index contributed by atoms with van der Waals surface area (Å²) >= 11 is 0. The van der Waals surface area contributed by atoms with Gasteiger partial charge >= 0.3 is 0 Å². The van der Waals surface area contributed by atoms with E-state index in [4.69, 9.17) is 4.74 Å². The van der Waals surface area contributed by atoms with Crippen LogP contribution < -0.4 is 10.6 Å². The fourth-order valence-corrected chi connectivity index (χ4v) is 3.81. The predicted molar refractivity (Wildman–Crippen MR) is 99.8 cm³/mol. The molecular weight excluding hydrogens is 365 g/mol. The summed E-state index contributed by atoms with van der Waals surface area (Å²) in [7, 11) is 0. The molecule has 0 bridgehead atoms. The van der Waals surface area contributed by atoms with Crippen LogP contribution in [0, 0.1) is 17.7 Å². The Bertz CT molecular complexity index is 864. The molecule has 0 saturated carbocycles. The molecule has 4 rings (SSSR count). The maximum atomic E-state index is 13.3. The number of benzene rings is 1. The zero-order chi connectivity index (χ0) is 19.5. The Labute approximate surface area is 161 Å². The van der Waals surface area contributed by atoms with Gasteiger partial charge in [-0.25, -0.2) is 9.37 Å². The van der Waals surface area contributed by atoms with E-state index >= 15 is 0 Å². The molecule has 9 heteroatoms. The van der Waals surface area contributed by atoms with E-state index in [9.17, 15) is 14.0 Å². The van der Waals surface area contributed by atoms with Crippen LogP contribution >= 0.6 is 0 Å². The average Bonchev–Trinajstić information content (AvgIpc) is 3.14. The minimum atomic E-state index is -0.337. The number of nitrogens with one attached hydrogen (secondary N) is 3. The number of piperidine rings is 1. The molecule has 2 aliphatic heterocycles. The monoisotopic (exact) mass is 389 g/mol. The Morgan fingerprint density at radius 3 is 2.86 bits per heavy atom. The Morgan fingerprint density at radius 1 is 1.25 bits per heavy atom. The van der Waals surface area contributed by atoms with E-state index < -0.39 is 0 Å². The van der Waals surface area contributed by atoms with Crippen LogP contribution in [-0.4, -0.2) is 66.1 Å². The average molecular weight is 389 g/mol. The van der Waals surface area contributed by atoms with Gasteiger partial charge < -0.3 is 25.3 Å². The lowest BCUT2D eigenvalue weighted by Gasteiger charge is -2.34. The van der Waals surface area contributed by atoms with Gasteiger partial charge in [0.1, 0.15) is 11.6 Å². The van der Waals surface area contributed by atoms with E-state index in [2.05, 4.69) is 20.6 Å². The molecule has 2 atom stereocenters. The molecule has 3 N–H and O–H groups in total. The third-order valence-electron chi connectivity index (χ3n) is 5.32. The SMILES string of the molecule is O=C(NCc1nc2ccc(F)cc2[nH]1)[C@H]1CNC[C@@H](C(=O)N2CCOCC2)C1. The van der Waals surface area contributed by atoms with Crippen molar-refractivity contribution in [2.45, 2.75) is 13.0 Å². The second-order valence-corrected chi connectivity index (χ2v) is 7.29. The Balaban J connectivity index is 1.32. The quantitative estimate of drug-likeness (QED) is 0.703. The maximum absolute atomic E-state index is 13.3. The number of halogens is 1. The fourth-order valence-electron chi connectivity index (χ4n) is 3.81. The molecule has 1 aromatic heterocycles. The molecule has 0 radical (unpaired) electrons. The molecular formula is C19H24FN5O3. The number of hydrogen-bond donors (Lipinski definition) is 3. The molecule has 150 valence electrons. The third-order valence-corrected chi connectivity index (χ3v) is 5.32. The molecule has 0 unspecified atom stereocenters. The van der Waals surface area contributed by atoms with E-state index in [1.165, 1.54) is 12.1 Å². The summed E-state index contributed by atoms with van der Waals surface area (Å²) in [6.45, 7) is 3.72. The molecule has 3 heterocycles. The molecule has 1 aromatic carbocycles. The van der Waals surface area contributed by atoms with Crippen molar-refractivity contribution in [3.8, 4) is 0 Å². The number of imidazole rings is 1. The number of hydrogen-bond acceptors (Lipinski definition) is 5. The Morgan fingerprint density at radius 2 is 2.04 bits per heavy atom. The number of aromatic nitrogens is 2. The number of carbonyl (C=O) groups excluding carboxylic acids is 2. The predicted octanol–water partition coefficient (Wildman–Crippen LogP) is 0.403. The van der Waals surface area contributed by atoms with Crippen molar-refractivity contribution in [2.75, 3.05) is 39.4 Å². The number of nitrogens with zero attached hydrogens (tertiary/aromatic N) is 2. The molecule has 2 aliphatic rings. The van der Waals surface area contributed by atoms with Crippen molar-refractivity contribution in [1.29, 1.82) is 0 Å². The van der Waals surface area contributed by atoms with Crippen molar-refractivity contribution in [3.63, 3.8) is 0 Å². The van der Waals surface area contributed by atoms with E-state index in [0.29, 0.717) is 62.7 Å². The van der Waals surface area contributed by atoms with Crippen molar-refractivity contribution >= 4 is 22.8 Å². The van der Waals surface area contributed by atoms with Gasteiger partial charge in [0.15, 0.2) is 0 Å². The minimum absolute atomic E-state index is 0.0904. The second kappa shape index (κ2) is 8.24. The Kier molecular flexibility index (Phi) is 5.54. The van der Waals surface area contributed by atoms with E-state index in [0.717, 1.165) is 0 Å². The number of aromatic amines is 1. The molecule has 8 nitrogen and oxygen atoms in total. The first-order valence-electron chi connectivity index (χ1n) is 9.59. The number of morpholine rings is 1. The van der Waals surface area contributed by atoms with Crippen molar-refractivity contribution in [3.05, 3.63) is 29.8 Å². The van der Waals surface area contributed by atoms with Gasteiger partial charge in [-0.3, -0.25) is 9.59 Å². The normalized spacial score (nSPS) is 23.0. The van der Waals surface area contributed by atoms with Gasteiger partial charge in [0.2, 0.25) is 11.8 Å². The van der Waals surface area contributed by atoms with Crippen LogP contribution in [0.15, 0.2) is 18.2 Å². The van der Waals surface area contributed by atoms with Gasteiger partial charge in [-0.1, -0.05) is 0 Å². The third kappa shape index (κ3) is 4.15. The summed E-state index contributed by atoms with van der Waals surface area (Å²) in [5.74, 6) is -0.261. The highest BCUT2D eigenvalue weighted by Crippen LogP contribution is 2.20. The van der Waals surface area contributed by atoms with Crippen LogP contribution in [0.5, 0.6) is 0 Å². The van der Waals surface area contributed by atoms with Gasteiger partial charge in [-0.2, -0.15) is 0 Å². The van der Waals surface area contributed by atoms with Gasteiger partial charge in [0.25, 0.3) is 0 Å². The van der Waals surface area contributed by atoms with Crippen molar-refractivity contribution in [2.24, 2.45) is 11.8 Å². The lowest BCUT2D eigenvalue weighted by atomic mass is 9.88. The first-order chi connectivity index (χ1) is 13.6. The summed E-state index contributed by atoms with van der Waals surface area (Å²) in [5.41, 5.74) is 1.25. The van der Waals surface area contributed by atoms with Gasteiger partial charge in [0.05, 0.1) is 42.6 Å². The highest BCUT2D eigenvalue weighted by atomic mass is 19.1. The van der Waals surface area contributed by atoms with Crippen molar-refractivity contribution < 1.29 is 18.7 Å². The number of fused-ring (bicyclic) bond motifs is 1. The summed E-state index contributed by atoms with van der Waals surface area (Å²) < 4.78 is 18.6. The summed E-state index contributed by atoms with van der Waals surface area (Å²) in [6, 6.07) is 4.32. The summed E-state index contributed by atoms with van der Waals surface area (Å²) in [6.07, 6.45) is 0.528. The van der Waals surface area contributed by atoms with E-state index in [1.807, 2.05) is 4.90 Å². The smallest absolute Gasteiger partial charge is 0.227 e. The highest BCUT2D eigenvalue weighted by molar-refractivity contribution is 5.83. The van der Waals surface area contributed by atoms with Crippen LogP contribution in [-0.2, 0) is 20.9 Å². The molecule has 0 spiro atoms. The second-order valence-electron chi connectivity index (χ2n) is 7.29. The Hall–Kier alpha value is -2.52. The standard InChI is InChI=1S/C19H24FN5O3/c20-14-1-2-15-16(8-14)24-17(23-15)11-22-18(26)12-7-13(10-21-9-12)19(27)25-3-5-28-6-4-25/h1-2,8,12-13,21H,3-7,9-11H2,(H,22,26)(H,23,24)/t12-,13+/m1/s1. The lowest BCUT2D eigenvalue weighted by Crippen LogP contribution is -2.51. The first-order valence-corrected chi connectivity index (χ1v) is 9.59. The minimum Gasteiger partial charge on any atom is -0.378 e. The maximum Gasteiger partial charge on any atom is 0.227 e. The van der Waals surface area contributed by atoms with Crippen LogP contribution in [0.1, 0.15) is 12.2 Å².